The number of benzene rings is 2. The number of aryl methyl sites for hydroxylation is 1. The maximum Gasteiger partial charge on any atom is 0.321 e. The number of nitrogens with one attached hydrogen (secondary N) is 2. The Balaban J connectivity index is 1.80. The molecule has 5 heteroatoms. The fourth-order valence-electron chi connectivity index (χ4n) is 1.82. The molecule has 2 rings (SSSR count). The number of para-hydroxylation sites is 1. The van der Waals surface area contributed by atoms with Crippen LogP contribution in [0.4, 0.5) is 10.5 Å². The van der Waals surface area contributed by atoms with E-state index in [-0.39, 0.29) is 12.8 Å². The molecular formula is C16H17ClN2O2. The fourth-order valence-corrected chi connectivity index (χ4v) is 1.95. The summed E-state index contributed by atoms with van der Waals surface area (Å²) in [4.78, 5) is 11.7. The number of carbonyl (C=O) groups is 1. The van der Waals surface area contributed by atoms with Gasteiger partial charge in [-0.25, -0.2) is 4.79 Å². The van der Waals surface area contributed by atoms with E-state index in [9.17, 15) is 4.79 Å². The lowest BCUT2D eigenvalue weighted by molar-refractivity contribution is 0.234. The van der Waals surface area contributed by atoms with Gasteiger partial charge < -0.3 is 15.4 Å². The summed E-state index contributed by atoms with van der Waals surface area (Å²) in [6.45, 7) is 2.17. The van der Waals surface area contributed by atoms with E-state index in [0.29, 0.717) is 10.7 Å². The molecule has 2 aromatic carbocycles. The molecule has 4 nitrogen and oxygen atoms in total. The van der Waals surface area contributed by atoms with Crippen LogP contribution >= 0.6 is 11.6 Å². The van der Waals surface area contributed by atoms with E-state index in [2.05, 4.69) is 17.6 Å². The Labute approximate surface area is 129 Å². The van der Waals surface area contributed by atoms with E-state index in [0.717, 1.165) is 17.7 Å². The smallest absolute Gasteiger partial charge is 0.321 e. The number of halogens is 1. The van der Waals surface area contributed by atoms with Crippen molar-refractivity contribution in [3.05, 3.63) is 59.1 Å². The quantitative estimate of drug-likeness (QED) is 0.818. The topological polar surface area (TPSA) is 50.4 Å². The molecule has 2 aromatic rings. The van der Waals surface area contributed by atoms with Gasteiger partial charge in [-0.1, -0.05) is 36.7 Å². The van der Waals surface area contributed by atoms with Crippen molar-refractivity contribution < 1.29 is 9.53 Å². The summed E-state index contributed by atoms with van der Waals surface area (Å²) >= 11 is 5.78. The number of hydrogen-bond acceptors (Lipinski definition) is 2. The van der Waals surface area contributed by atoms with Crippen molar-refractivity contribution in [2.24, 2.45) is 0 Å². The molecule has 0 saturated heterocycles. The molecule has 110 valence electrons. The molecule has 0 aliphatic rings. The summed E-state index contributed by atoms with van der Waals surface area (Å²) in [7, 11) is 0. The number of amides is 2. The van der Waals surface area contributed by atoms with Gasteiger partial charge in [-0.15, -0.1) is 0 Å². The second kappa shape index (κ2) is 7.55. The number of carbonyl (C=O) groups excluding carboxylic acids is 1. The Bertz CT molecular complexity index is 599. The minimum absolute atomic E-state index is 0.108. The molecular weight excluding hydrogens is 288 g/mol. The molecule has 0 radical (unpaired) electrons. The van der Waals surface area contributed by atoms with Crippen LogP contribution in [0, 0.1) is 0 Å². The zero-order valence-electron chi connectivity index (χ0n) is 11.7. The predicted molar refractivity (Wildman–Crippen MR) is 84.9 cm³/mol. The molecule has 0 bridgehead atoms. The Morgan fingerprint density at radius 2 is 1.86 bits per heavy atom. The Morgan fingerprint density at radius 3 is 2.57 bits per heavy atom. The summed E-state index contributed by atoms with van der Waals surface area (Å²) in [5, 5.41) is 5.96. The Hall–Kier alpha value is -2.20. The van der Waals surface area contributed by atoms with E-state index in [4.69, 9.17) is 16.3 Å². The van der Waals surface area contributed by atoms with Gasteiger partial charge in [0.15, 0.2) is 6.73 Å². The molecule has 0 heterocycles. The summed E-state index contributed by atoms with van der Waals surface area (Å²) in [6.07, 6.45) is 0.882. The summed E-state index contributed by atoms with van der Waals surface area (Å²) in [6, 6.07) is 14.3. The Morgan fingerprint density at radius 1 is 1.14 bits per heavy atom. The lowest BCUT2D eigenvalue weighted by atomic mass is 10.1. The molecule has 2 N–H and O–H groups in total. The summed E-state index contributed by atoms with van der Waals surface area (Å²) < 4.78 is 5.56. The normalized spacial score (nSPS) is 10.0. The van der Waals surface area contributed by atoms with Crippen LogP contribution in [-0.2, 0) is 6.42 Å². The highest BCUT2D eigenvalue weighted by Crippen LogP contribution is 2.17. The lowest BCUT2D eigenvalue weighted by Crippen LogP contribution is -2.32. The Kier molecular flexibility index (Phi) is 5.46. The van der Waals surface area contributed by atoms with Crippen LogP contribution < -0.4 is 15.4 Å². The zero-order chi connectivity index (χ0) is 15.1. The first-order valence-electron chi connectivity index (χ1n) is 6.70. The van der Waals surface area contributed by atoms with Gasteiger partial charge in [-0.2, -0.15) is 0 Å². The molecule has 0 aliphatic carbocycles. The average molecular weight is 305 g/mol. The zero-order valence-corrected chi connectivity index (χ0v) is 12.5. The van der Waals surface area contributed by atoms with E-state index in [1.807, 2.05) is 24.3 Å². The molecule has 0 spiro atoms. The van der Waals surface area contributed by atoms with Crippen LogP contribution in [-0.4, -0.2) is 12.8 Å². The van der Waals surface area contributed by atoms with Gasteiger partial charge in [0, 0.05) is 10.7 Å². The second-order valence-electron chi connectivity index (χ2n) is 4.39. The van der Waals surface area contributed by atoms with E-state index in [1.54, 1.807) is 24.3 Å². The van der Waals surface area contributed by atoms with Gasteiger partial charge in [0.05, 0.1) is 0 Å². The number of rotatable bonds is 5. The molecule has 0 atom stereocenters. The fraction of sp³-hybridized carbons (Fsp3) is 0.188. The number of hydrogen-bond donors (Lipinski definition) is 2. The van der Waals surface area contributed by atoms with Crippen molar-refractivity contribution in [3.8, 4) is 5.75 Å². The first-order valence-corrected chi connectivity index (χ1v) is 7.08. The largest absolute Gasteiger partial charge is 0.473 e. The van der Waals surface area contributed by atoms with Crippen molar-refractivity contribution >= 4 is 23.3 Å². The highest BCUT2D eigenvalue weighted by Gasteiger charge is 2.03. The van der Waals surface area contributed by atoms with Gasteiger partial charge >= 0.3 is 6.03 Å². The minimum Gasteiger partial charge on any atom is -0.473 e. The average Bonchev–Trinajstić information content (AvgIpc) is 2.50. The summed E-state index contributed by atoms with van der Waals surface area (Å²) in [5.74, 6) is 0.784. The molecule has 0 saturated carbocycles. The van der Waals surface area contributed by atoms with Crippen LogP contribution in [0.2, 0.25) is 5.02 Å². The van der Waals surface area contributed by atoms with Crippen molar-refractivity contribution in [3.63, 3.8) is 0 Å². The van der Waals surface area contributed by atoms with Crippen molar-refractivity contribution in [1.82, 2.24) is 5.32 Å². The third-order valence-corrected chi connectivity index (χ3v) is 3.17. The first kappa shape index (κ1) is 15.2. The highest BCUT2D eigenvalue weighted by molar-refractivity contribution is 6.30. The van der Waals surface area contributed by atoms with E-state index < -0.39 is 0 Å². The standard InChI is InChI=1S/C16H17ClN2O2/c1-2-12-5-3-4-6-15(12)21-11-18-16(20)19-14-9-7-13(17)8-10-14/h3-10H,2,11H2,1H3,(H2,18,19,20). The molecule has 0 aromatic heterocycles. The van der Waals surface area contributed by atoms with E-state index in [1.165, 1.54) is 0 Å². The van der Waals surface area contributed by atoms with Gasteiger partial charge in [0.1, 0.15) is 5.75 Å². The molecule has 0 unspecified atom stereocenters. The van der Waals surface area contributed by atoms with Crippen molar-refractivity contribution in [1.29, 1.82) is 0 Å². The first-order chi connectivity index (χ1) is 10.2. The highest BCUT2D eigenvalue weighted by atomic mass is 35.5. The van der Waals surface area contributed by atoms with Crippen LogP contribution in [0.15, 0.2) is 48.5 Å². The van der Waals surface area contributed by atoms with Gasteiger partial charge in [0.2, 0.25) is 0 Å². The van der Waals surface area contributed by atoms with Gasteiger partial charge in [-0.3, -0.25) is 0 Å². The summed E-state index contributed by atoms with van der Waals surface area (Å²) in [5.41, 5.74) is 1.78. The predicted octanol–water partition coefficient (Wildman–Crippen LogP) is 4.06. The SMILES string of the molecule is CCc1ccccc1OCNC(=O)Nc1ccc(Cl)cc1. The number of urea groups is 1. The third-order valence-electron chi connectivity index (χ3n) is 2.92. The second-order valence-corrected chi connectivity index (χ2v) is 4.82. The monoisotopic (exact) mass is 304 g/mol. The maximum atomic E-state index is 11.7. The van der Waals surface area contributed by atoms with Crippen molar-refractivity contribution in [2.45, 2.75) is 13.3 Å². The maximum absolute atomic E-state index is 11.7. The molecule has 21 heavy (non-hydrogen) atoms. The van der Waals surface area contributed by atoms with E-state index >= 15 is 0 Å². The number of anilines is 1. The van der Waals surface area contributed by atoms with Gasteiger partial charge in [0.25, 0.3) is 0 Å². The third kappa shape index (κ3) is 4.68. The van der Waals surface area contributed by atoms with Crippen LogP contribution in [0.25, 0.3) is 0 Å². The number of ether oxygens (including phenoxy) is 1. The van der Waals surface area contributed by atoms with Crippen LogP contribution in [0.3, 0.4) is 0 Å². The molecule has 0 fully saturated rings. The van der Waals surface area contributed by atoms with Crippen molar-refractivity contribution in [2.75, 3.05) is 12.0 Å². The lowest BCUT2D eigenvalue weighted by Gasteiger charge is -2.11. The van der Waals surface area contributed by atoms with Crippen LogP contribution in [0.5, 0.6) is 5.75 Å². The molecule has 2 amide bonds. The molecule has 0 aliphatic heterocycles. The minimum atomic E-state index is -0.327. The van der Waals surface area contributed by atoms with Gasteiger partial charge in [-0.05, 0) is 42.3 Å². The van der Waals surface area contributed by atoms with Crippen LogP contribution in [0.1, 0.15) is 12.5 Å².